The van der Waals surface area contributed by atoms with Crippen molar-refractivity contribution in [2.45, 2.75) is 25.8 Å². The van der Waals surface area contributed by atoms with Gasteiger partial charge >= 0.3 is 0 Å². The topological polar surface area (TPSA) is 3.24 Å². The molecule has 3 rings (SSSR count). The average Bonchev–Trinajstić information content (AvgIpc) is 2.47. The third-order valence-electron chi connectivity index (χ3n) is 3.89. The van der Waals surface area contributed by atoms with E-state index in [0.29, 0.717) is 6.04 Å². The zero-order chi connectivity index (χ0) is 12.4. The summed E-state index contributed by atoms with van der Waals surface area (Å²) in [5, 5.41) is 0. The van der Waals surface area contributed by atoms with Gasteiger partial charge in [0.2, 0.25) is 0 Å². The van der Waals surface area contributed by atoms with Gasteiger partial charge in [-0.25, -0.2) is 0 Å². The minimum absolute atomic E-state index is 0.525. The lowest BCUT2D eigenvalue weighted by Gasteiger charge is -2.38. The second-order valence-corrected chi connectivity index (χ2v) is 4.90. The van der Waals surface area contributed by atoms with Crippen molar-refractivity contribution in [3.8, 4) is 0 Å². The number of rotatable bonds is 2. The molecule has 92 valence electrons. The number of fused-ring (bicyclic) bond motifs is 1. The summed E-state index contributed by atoms with van der Waals surface area (Å²) in [6.45, 7) is 3.40. The van der Waals surface area contributed by atoms with E-state index in [1.54, 1.807) is 0 Å². The van der Waals surface area contributed by atoms with Gasteiger partial charge in [-0.1, -0.05) is 49.4 Å². The van der Waals surface area contributed by atoms with Gasteiger partial charge < -0.3 is 4.90 Å². The predicted molar refractivity (Wildman–Crippen MR) is 77.0 cm³/mol. The van der Waals surface area contributed by atoms with Crippen molar-refractivity contribution in [1.82, 2.24) is 0 Å². The minimum atomic E-state index is 0.525. The van der Waals surface area contributed by atoms with Gasteiger partial charge in [-0.2, -0.15) is 0 Å². The molecule has 0 amide bonds. The monoisotopic (exact) mass is 237 g/mol. The molecule has 0 radical (unpaired) electrons. The van der Waals surface area contributed by atoms with Gasteiger partial charge in [-0.15, -0.1) is 0 Å². The van der Waals surface area contributed by atoms with Gasteiger partial charge in [0, 0.05) is 12.2 Å². The molecule has 1 aliphatic rings. The Hall–Kier alpha value is -1.76. The van der Waals surface area contributed by atoms with Gasteiger partial charge in [0.25, 0.3) is 0 Å². The van der Waals surface area contributed by atoms with Crippen molar-refractivity contribution in [3.05, 3.63) is 65.7 Å². The summed E-state index contributed by atoms with van der Waals surface area (Å²) in [5.41, 5.74) is 4.38. The summed E-state index contributed by atoms with van der Waals surface area (Å²) in [6.07, 6.45) is 2.31. The van der Waals surface area contributed by atoms with Crippen LogP contribution in [0.2, 0.25) is 0 Å². The van der Waals surface area contributed by atoms with E-state index in [2.05, 4.69) is 66.4 Å². The molecule has 1 heterocycles. The number of anilines is 1. The zero-order valence-corrected chi connectivity index (χ0v) is 10.8. The Morgan fingerprint density at radius 3 is 2.50 bits per heavy atom. The highest BCUT2D eigenvalue weighted by atomic mass is 15.2. The van der Waals surface area contributed by atoms with E-state index in [0.717, 1.165) is 19.4 Å². The van der Waals surface area contributed by atoms with Crippen LogP contribution < -0.4 is 4.90 Å². The molecule has 0 saturated heterocycles. The van der Waals surface area contributed by atoms with E-state index in [1.807, 2.05) is 0 Å². The summed E-state index contributed by atoms with van der Waals surface area (Å²) >= 11 is 0. The van der Waals surface area contributed by atoms with Crippen LogP contribution in [0.5, 0.6) is 0 Å². The Morgan fingerprint density at radius 1 is 1.00 bits per heavy atom. The lowest BCUT2D eigenvalue weighted by atomic mass is 9.90. The number of nitrogens with zero attached hydrogens (tertiary/aromatic N) is 1. The smallest absolute Gasteiger partial charge is 0.0542 e. The molecule has 18 heavy (non-hydrogen) atoms. The second kappa shape index (κ2) is 4.85. The van der Waals surface area contributed by atoms with Crippen molar-refractivity contribution in [1.29, 1.82) is 0 Å². The van der Waals surface area contributed by atoms with E-state index >= 15 is 0 Å². The fourth-order valence-corrected chi connectivity index (χ4v) is 3.02. The standard InChI is InChI=1S/C17H19N/c1-2-17-16-11-7-6-8-14(16)12-13-18(17)15-9-4-3-5-10-15/h3-11,17H,2,12-13H2,1H3. The highest BCUT2D eigenvalue weighted by Crippen LogP contribution is 2.35. The molecule has 1 heteroatoms. The Balaban J connectivity index is 2.00. The van der Waals surface area contributed by atoms with Crippen LogP contribution >= 0.6 is 0 Å². The maximum Gasteiger partial charge on any atom is 0.0542 e. The first kappa shape index (κ1) is 11.3. The van der Waals surface area contributed by atoms with Gasteiger partial charge in [-0.3, -0.25) is 0 Å². The highest BCUT2D eigenvalue weighted by Gasteiger charge is 2.25. The van der Waals surface area contributed by atoms with Crippen LogP contribution in [0.3, 0.4) is 0 Å². The molecule has 0 aromatic heterocycles. The first-order chi connectivity index (χ1) is 8.90. The molecule has 1 unspecified atom stereocenters. The number of para-hydroxylation sites is 1. The van der Waals surface area contributed by atoms with Crippen LogP contribution in [0.15, 0.2) is 54.6 Å². The van der Waals surface area contributed by atoms with E-state index in [1.165, 1.54) is 16.8 Å². The average molecular weight is 237 g/mol. The third kappa shape index (κ3) is 1.90. The maximum absolute atomic E-state index is 2.54. The van der Waals surface area contributed by atoms with E-state index in [4.69, 9.17) is 0 Å². The second-order valence-electron chi connectivity index (χ2n) is 4.90. The van der Waals surface area contributed by atoms with Crippen molar-refractivity contribution in [3.63, 3.8) is 0 Å². The number of benzene rings is 2. The number of hydrogen-bond donors (Lipinski definition) is 0. The van der Waals surface area contributed by atoms with Crippen LogP contribution in [0.4, 0.5) is 5.69 Å². The largest absolute Gasteiger partial charge is 0.364 e. The summed E-state index contributed by atoms with van der Waals surface area (Å²) < 4.78 is 0. The third-order valence-corrected chi connectivity index (χ3v) is 3.89. The summed E-state index contributed by atoms with van der Waals surface area (Å²) in [4.78, 5) is 2.54. The molecule has 0 N–H and O–H groups in total. The lowest BCUT2D eigenvalue weighted by Crippen LogP contribution is -2.35. The van der Waals surface area contributed by atoms with Gasteiger partial charge in [0.05, 0.1) is 6.04 Å². The minimum Gasteiger partial charge on any atom is -0.364 e. The summed E-state index contributed by atoms with van der Waals surface area (Å²) in [7, 11) is 0. The van der Waals surface area contributed by atoms with Crippen LogP contribution in [-0.4, -0.2) is 6.54 Å². The first-order valence-corrected chi connectivity index (χ1v) is 6.79. The normalized spacial score (nSPS) is 18.5. The molecule has 1 aliphatic heterocycles. The molecule has 0 spiro atoms. The Kier molecular flexibility index (Phi) is 3.06. The van der Waals surface area contributed by atoms with Crippen LogP contribution in [0.1, 0.15) is 30.5 Å². The summed E-state index contributed by atoms with van der Waals surface area (Å²) in [6, 6.07) is 20.2. The molecule has 2 aromatic carbocycles. The van der Waals surface area contributed by atoms with E-state index < -0.39 is 0 Å². The molecular formula is C17H19N. The lowest BCUT2D eigenvalue weighted by molar-refractivity contribution is 0.567. The van der Waals surface area contributed by atoms with Gasteiger partial charge in [0.15, 0.2) is 0 Å². The Labute approximate surface area is 109 Å². The Bertz CT molecular complexity index is 518. The molecule has 0 saturated carbocycles. The zero-order valence-electron chi connectivity index (χ0n) is 10.8. The molecule has 1 atom stereocenters. The number of hydrogen-bond acceptors (Lipinski definition) is 1. The quantitative estimate of drug-likeness (QED) is 0.756. The molecular weight excluding hydrogens is 218 g/mol. The molecule has 2 aromatic rings. The molecule has 1 nitrogen and oxygen atoms in total. The van der Waals surface area contributed by atoms with Crippen molar-refractivity contribution in [2.75, 3.05) is 11.4 Å². The SMILES string of the molecule is CCC1c2ccccc2CCN1c1ccccc1. The van der Waals surface area contributed by atoms with Crippen molar-refractivity contribution < 1.29 is 0 Å². The van der Waals surface area contributed by atoms with Crippen LogP contribution in [0, 0.1) is 0 Å². The van der Waals surface area contributed by atoms with Crippen LogP contribution in [-0.2, 0) is 6.42 Å². The van der Waals surface area contributed by atoms with E-state index in [9.17, 15) is 0 Å². The molecule has 0 bridgehead atoms. The van der Waals surface area contributed by atoms with Crippen molar-refractivity contribution in [2.24, 2.45) is 0 Å². The van der Waals surface area contributed by atoms with E-state index in [-0.39, 0.29) is 0 Å². The van der Waals surface area contributed by atoms with Gasteiger partial charge in [0.1, 0.15) is 0 Å². The Morgan fingerprint density at radius 2 is 1.72 bits per heavy atom. The fourth-order valence-electron chi connectivity index (χ4n) is 3.02. The predicted octanol–water partition coefficient (Wildman–Crippen LogP) is 4.20. The molecule has 0 aliphatic carbocycles. The first-order valence-electron chi connectivity index (χ1n) is 6.79. The summed E-state index contributed by atoms with van der Waals surface area (Å²) in [5.74, 6) is 0. The highest BCUT2D eigenvalue weighted by molar-refractivity contribution is 5.51. The maximum atomic E-state index is 2.54. The van der Waals surface area contributed by atoms with Crippen molar-refractivity contribution >= 4 is 5.69 Å². The van der Waals surface area contributed by atoms with Crippen LogP contribution in [0.25, 0.3) is 0 Å². The fraction of sp³-hybridized carbons (Fsp3) is 0.294. The van der Waals surface area contributed by atoms with Gasteiger partial charge in [-0.05, 0) is 36.1 Å². The molecule has 0 fully saturated rings.